The van der Waals surface area contributed by atoms with E-state index in [2.05, 4.69) is 10.3 Å². The zero-order valence-corrected chi connectivity index (χ0v) is 12.9. The van der Waals surface area contributed by atoms with E-state index in [9.17, 15) is 13.2 Å². The van der Waals surface area contributed by atoms with Crippen LogP contribution in [0.15, 0.2) is 52.1 Å². The molecular formula is C15H15N3O4S. The lowest BCUT2D eigenvalue weighted by molar-refractivity contribution is 0.0921. The van der Waals surface area contributed by atoms with Crippen LogP contribution in [0, 0.1) is 0 Å². The fraction of sp³-hybridized carbons (Fsp3) is 0.133. The van der Waals surface area contributed by atoms with Crippen molar-refractivity contribution in [2.24, 2.45) is 5.14 Å². The molecule has 3 aromatic rings. The largest absolute Gasteiger partial charge is 0.438 e. The second-order valence-electron chi connectivity index (χ2n) is 5.03. The molecule has 0 saturated heterocycles. The van der Waals surface area contributed by atoms with Crippen LogP contribution in [-0.2, 0) is 16.4 Å². The zero-order valence-electron chi connectivity index (χ0n) is 12.1. The fourth-order valence-electron chi connectivity index (χ4n) is 2.33. The van der Waals surface area contributed by atoms with Gasteiger partial charge in [-0.2, -0.15) is 0 Å². The summed E-state index contributed by atoms with van der Waals surface area (Å²) in [7, 11) is -3.95. The number of para-hydroxylation sites is 1. The van der Waals surface area contributed by atoms with Crippen LogP contribution in [0.5, 0.6) is 0 Å². The molecule has 4 N–H and O–H groups in total. The lowest BCUT2D eigenvalue weighted by Crippen LogP contribution is -2.25. The van der Waals surface area contributed by atoms with Crippen molar-refractivity contribution in [1.82, 2.24) is 10.3 Å². The van der Waals surface area contributed by atoms with Gasteiger partial charge in [-0.25, -0.2) is 13.6 Å². The molecule has 0 saturated carbocycles. The number of hydrogen-bond acceptors (Lipinski definition) is 4. The Morgan fingerprint density at radius 1 is 1.22 bits per heavy atom. The minimum atomic E-state index is -3.95. The van der Waals surface area contributed by atoms with Crippen LogP contribution in [-0.4, -0.2) is 25.9 Å². The van der Waals surface area contributed by atoms with E-state index in [0.717, 1.165) is 22.5 Å². The van der Waals surface area contributed by atoms with Gasteiger partial charge in [-0.1, -0.05) is 18.2 Å². The van der Waals surface area contributed by atoms with Crippen LogP contribution in [0.4, 0.5) is 0 Å². The number of benzene rings is 1. The average Bonchev–Trinajstić information content (AvgIpc) is 3.14. The third-order valence-electron chi connectivity index (χ3n) is 3.44. The summed E-state index contributed by atoms with van der Waals surface area (Å²) in [5, 5.41) is 8.29. The minimum Gasteiger partial charge on any atom is -0.438 e. The maximum atomic E-state index is 11.9. The molecule has 0 fully saturated rings. The number of rotatable bonds is 5. The van der Waals surface area contributed by atoms with Crippen LogP contribution in [0.25, 0.3) is 10.9 Å². The number of nitrogens with two attached hydrogens (primary N) is 1. The Kier molecular flexibility index (Phi) is 3.93. The van der Waals surface area contributed by atoms with E-state index in [0.29, 0.717) is 13.0 Å². The quantitative estimate of drug-likeness (QED) is 0.653. The SMILES string of the molecule is NS(=O)(=O)c1ccc(C(=O)NCCc2c[nH]c3ccccc23)o1. The van der Waals surface area contributed by atoms with Crippen molar-refractivity contribution in [3.05, 3.63) is 53.9 Å². The minimum absolute atomic E-state index is 0.0899. The summed E-state index contributed by atoms with van der Waals surface area (Å²) in [5.41, 5.74) is 2.13. The molecule has 120 valence electrons. The first kappa shape index (κ1) is 15.3. The first-order valence-corrected chi connectivity index (χ1v) is 8.45. The Hall–Kier alpha value is -2.58. The topological polar surface area (TPSA) is 118 Å². The average molecular weight is 333 g/mol. The molecule has 3 rings (SSSR count). The second-order valence-corrected chi connectivity index (χ2v) is 6.52. The lowest BCUT2D eigenvalue weighted by atomic mass is 10.1. The van der Waals surface area contributed by atoms with Crippen LogP contribution >= 0.6 is 0 Å². The molecule has 0 radical (unpaired) electrons. The van der Waals surface area contributed by atoms with E-state index >= 15 is 0 Å². The molecule has 23 heavy (non-hydrogen) atoms. The number of hydrogen-bond donors (Lipinski definition) is 3. The third kappa shape index (κ3) is 3.27. The van der Waals surface area contributed by atoms with Gasteiger partial charge in [0.1, 0.15) is 0 Å². The predicted octanol–water partition coefficient (Wildman–Crippen LogP) is 1.38. The molecule has 0 aliphatic rings. The first-order valence-electron chi connectivity index (χ1n) is 6.91. The van der Waals surface area contributed by atoms with E-state index in [-0.39, 0.29) is 5.76 Å². The Balaban J connectivity index is 1.62. The van der Waals surface area contributed by atoms with E-state index in [4.69, 9.17) is 9.56 Å². The fourth-order valence-corrected chi connectivity index (χ4v) is 2.80. The normalized spacial score (nSPS) is 11.7. The molecule has 2 heterocycles. The van der Waals surface area contributed by atoms with Gasteiger partial charge in [-0.05, 0) is 30.2 Å². The Morgan fingerprint density at radius 2 is 2.00 bits per heavy atom. The van der Waals surface area contributed by atoms with Gasteiger partial charge in [0.15, 0.2) is 5.76 Å². The van der Waals surface area contributed by atoms with Crippen molar-refractivity contribution in [2.75, 3.05) is 6.54 Å². The highest BCUT2D eigenvalue weighted by Crippen LogP contribution is 2.18. The molecule has 0 unspecified atom stereocenters. The van der Waals surface area contributed by atoms with Crippen molar-refractivity contribution < 1.29 is 17.6 Å². The number of nitrogens with one attached hydrogen (secondary N) is 2. The number of carbonyl (C=O) groups is 1. The Morgan fingerprint density at radius 3 is 2.74 bits per heavy atom. The monoisotopic (exact) mass is 333 g/mol. The van der Waals surface area contributed by atoms with Crippen molar-refractivity contribution >= 4 is 26.8 Å². The van der Waals surface area contributed by atoms with E-state index < -0.39 is 21.0 Å². The van der Waals surface area contributed by atoms with Crippen molar-refractivity contribution in [2.45, 2.75) is 11.5 Å². The predicted molar refractivity (Wildman–Crippen MR) is 84.4 cm³/mol. The molecule has 1 amide bonds. The number of amides is 1. The van der Waals surface area contributed by atoms with E-state index in [1.54, 1.807) is 0 Å². The Bertz CT molecular complexity index is 956. The standard InChI is InChI=1S/C15H15N3O4S/c16-23(20,21)14-6-5-13(22-14)15(19)17-8-7-10-9-18-12-4-2-1-3-11(10)12/h1-6,9,18H,7-8H2,(H,17,19)(H2,16,20,21). The van der Waals surface area contributed by atoms with Crippen molar-refractivity contribution in [1.29, 1.82) is 0 Å². The number of aromatic nitrogens is 1. The summed E-state index contributed by atoms with van der Waals surface area (Å²) >= 11 is 0. The van der Waals surface area contributed by atoms with Crippen LogP contribution in [0.3, 0.4) is 0 Å². The number of sulfonamides is 1. The summed E-state index contributed by atoms with van der Waals surface area (Å²) in [6.07, 6.45) is 2.54. The number of fused-ring (bicyclic) bond motifs is 1. The first-order chi connectivity index (χ1) is 10.9. The molecule has 0 aliphatic heterocycles. The van der Waals surface area contributed by atoms with Gasteiger partial charge >= 0.3 is 0 Å². The zero-order chi connectivity index (χ0) is 16.4. The van der Waals surface area contributed by atoms with Crippen LogP contribution in [0.1, 0.15) is 16.1 Å². The molecule has 0 atom stereocenters. The lowest BCUT2D eigenvalue weighted by Gasteiger charge is -2.02. The number of primary sulfonamides is 1. The molecular weight excluding hydrogens is 318 g/mol. The molecule has 7 nitrogen and oxygen atoms in total. The Labute approximate surface area is 132 Å². The van der Waals surface area contributed by atoms with E-state index in [1.165, 1.54) is 6.07 Å². The van der Waals surface area contributed by atoms with Gasteiger partial charge < -0.3 is 14.7 Å². The van der Waals surface area contributed by atoms with Gasteiger partial charge in [-0.15, -0.1) is 0 Å². The summed E-state index contributed by atoms with van der Waals surface area (Å²) in [5.74, 6) is -0.576. The smallest absolute Gasteiger partial charge is 0.287 e. The summed E-state index contributed by atoms with van der Waals surface area (Å²) in [6, 6.07) is 10.3. The summed E-state index contributed by atoms with van der Waals surface area (Å²) in [6.45, 7) is 0.395. The number of aromatic amines is 1. The molecule has 2 aromatic heterocycles. The van der Waals surface area contributed by atoms with Crippen molar-refractivity contribution in [3.8, 4) is 0 Å². The number of furan rings is 1. The maximum absolute atomic E-state index is 11.9. The van der Waals surface area contributed by atoms with Gasteiger partial charge in [0.25, 0.3) is 15.9 Å². The number of carbonyl (C=O) groups excluding carboxylic acids is 1. The van der Waals surface area contributed by atoms with Crippen LogP contribution in [0.2, 0.25) is 0 Å². The maximum Gasteiger partial charge on any atom is 0.287 e. The summed E-state index contributed by atoms with van der Waals surface area (Å²) < 4.78 is 27.2. The number of H-pyrrole nitrogens is 1. The second kappa shape index (κ2) is 5.90. The molecule has 0 aliphatic carbocycles. The van der Waals surface area contributed by atoms with Crippen LogP contribution < -0.4 is 10.5 Å². The van der Waals surface area contributed by atoms with Gasteiger partial charge in [0, 0.05) is 23.6 Å². The molecule has 1 aromatic carbocycles. The molecule has 0 spiro atoms. The van der Waals surface area contributed by atoms with Gasteiger partial charge in [0.05, 0.1) is 0 Å². The highest BCUT2D eigenvalue weighted by Gasteiger charge is 2.17. The molecule has 0 bridgehead atoms. The summed E-state index contributed by atoms with van der Waals surface area (Å²) in [4.78, 5) is 15.1. The van der Waals surface area contributed by atoms with Gasteiger partial charge in [0.2, 0.25) is 5.09 Å². The third-order valence-corrected chi connectivity index (χ3v) is 4.22. The van der Waals surface area contributed by atoms with Gasteiger partial charge in [-0.3, -0.25) is 4.79 Å². The highest BCUT2D eigenvalue weighted by atomic mass is 32.2. The van der Waals surface area contributed by atoms with E-state index in [1.807, 2.05) is 30.5 Å². The molecule has 8 heteroatoms. The highest BCUT2D eigenvalue weighted by molar-refractivity contribution is 7.89. The van der Waals surface area contributed by atoms with Crippen molar-refractivity contribution in [3.63, 3.8) is 0 Å².